The van der Waals surface area contributed by atoms with Crippen LogP contribution < -0.4 is 14.4 Å². The molecule has 7 heteroatoms. The van der Waals surface area contributed by atoms with Crippen molar-refractivity contribution in [2.75, 3.05) is 11.5 Å². The van der Waals surface area contributed by atoms with Crippen LogP contribution in [0.1, 0.15) is 18.1 Å². The zero-order valence-corrected chi connectivity index (χ0v) is 21.0. The fraction of sp³-hybridized carbons (Fsp3) is 0.103. The van der Waals surface area contributed by atoms with Crippen molar-refractivity contribution in [3.63, 3.8) is 0 Å². The maximum atomic E-state index is 13.0. The number of imide groups is 1. The lowest BCUT2D eigenvalue weighted by atomic mass is 10.1. The largest absolute Gasteiger partial charge is 0.490 e. The van der Waals surface area contributed by atoms with Crippen LogP contribution in [0, 0.1) is 0 Å². The van der Waals surface area contributed by atoms with Crippen molar-refractivity contribution in [2.45, 2.75) is 13.5 Å². The molecule has 1 fully saturated rings. The second kappa shape index (κ2) is 10.5. The molecule has 0 spiro atoms. The third kappa shape index (κ3) is 4.96. The average molecular weight is 516 g/mol. The summed E-state index contributed by atoms with van der Waals surface area (Å²) in [4.78, 5) is 27.0. The Labute approximate surface area is 218 Å². The highest BCUT2D eigenvalue weighted by Crippen LogP contribution is 2.39. The zero-order valence-electron chi connectivity index (χ0n) is 19.4. The van der Waals surface area contributed by atoms with Gasteiger partial charge in [0.1, 0.15) is 6.61 Å². The molecule has 180 valence electrons. The highest BCUT2D eigenvalue weighted by molar-refractivity contribution is 8.19. The minimum absolute atomic E-state index is 0.312. The summed E-state index contributed by atoms with van der Waals surface area (Å²) in [5, 5.41) is 2.29. The highest BCUT2D eigenvalue weighted by Gasteiger charge is 2.37. The first-order chi connectivity index (χ1) is 17.5. The molecule has 0 unspecified atom stereocenters. The summed E-state index contributed by atoms with van der Waals surface area (Å²) in [5.74, 6) is 0.761. The Morgan fingerprint density at radius 1 is 0.861 bits per heavy atom. The molecular weight excluding hydrogens is 494 g/mol. The lowest BCUT2D eigenvalue weighted by molar-refractivity contribution is -0.113. The van der Waals surface area contributed by atoms with Gasteiger partial charge in [0.05, 0.1) is 22.2 Å². The van der Waals surface area contributed by atoms with E-state index in [1.807, 2.05) is 43.3 Å². The minimum Gasteiger partial charge on any atom is -0.490 e. The lowest BCUT2D eigenvalue weighted by Crippen LogP contribution is -2.27. The molecule has 0 aromatic heterocycles. The van der Waals surface area contributed by atoms with E-state index in [1.165, 1.54) is 5.39 Å². The number of hydrogen-bond donors (Lipinski definition) is 0. The quantitative estimate of drug-likeness (QED) is 0.236. The summed E-state index contributed by atoms with van der Waals surface area (Å²) in [6.45, 7) is 2.74. The molecule has 0 radical (unpaired) electrons. The van der Waals surface area contributed by atoms with Crippen LogP contribution in [-0.4, -0.2) is 17.8 Å². The van der Waals surface area contributed by atoms with Gasteiger partial charge in [-0.15, -0.1) is 0 Å². The van der Waals surface area contributed by atoms with E-state index in [1.54, 1.807) is 30.3 Å². The molecule has 0 aliphatic carbocycles. The van der Waals surface area contributed by atoms with Gasteiger partial charge in [0.25, 0.3) is 11.1 Å². The number of ether oxygens (including phenoxy) is 2. The number of amides is 2. The average Bonchev–Trinajstić information content (AvgIpc) is 3.16. The van der Waals surface area contributed by atoms with E-state index in [9.17, 15) is 9.59 Å². The normalized spacial score (nSPS) is 14.6. The predicted octanol–water partition coefficient (Wildman–Crippen LogP) is 7.71. The third-order valence-electron chi connectivity index (χ3n) is 5.66. The van der Waals surface area contributed by atoms with E-state index in [0.29, 0.717) is 40.3 Å². The van der Waals surface area contributed by atoms with Crippen molar-refractivity contribution >= 4 is 57.0 Å². The zero-order chi connectivity index (χ0) is 25.1. The Bertz CT molecular complexity index is 1500. The molecule has 36 heavy (non-hydrogen) atoms. The minimum atomic E-state index is -0.410. The van der Waals surface area contributed by atoms with E-state index in [4.69, 9.17) is 21.1 Å². The number of para-hydroxylation sites is 1. The smallest absolute Gasteiger partial charge is 0.298 e. The van der Waals surface area contributed by atoms with Crippen molar-refractivity contribution in [2.24, 2.45) is 0 Å². The summed E-state index contributed by atoms with van der Waals surface area (Å²) in [6, 6.07) is 26.7. The van der Waals surface area contributed by atoms with Crippen LogP contribution in [0.4, 0.5) is 10.5 Å². The van der Waals surface area contributed by atoms with Crippen LogP contribution in [0.15, 0.2) is 89.8 Å². The Balaban J connectivity index is 1.36. The molecule has 1 heterocycles. The van der Waals surface area contributed by atoms with Gasteiger partial charge in [0.2, 0.25) is 0 Å². The van der Waals surface area contributed by atoms with Gasteiger partial charge in [-0.3, -0.25) is 9.59 Å². The molecule has 1 saturated heterocycles. The number of benzene rings is 4. The first-order valence-electron chi connectivity index (χ1n) is 11.4. The third-order valence-corrected chi connectivity index (χ3v) is 6.85. The van der Waals surface area contributed by atoms with E-state index < -0.39 is 5.91 Å². The standard InChI is InChI=1S/C29H22ClNO4S/c1-2-34-26-16-19(17-27-28(32)31(29(33)36-27)24-10-6-5-9-23(24)30)12-14-25(26)35-18-20-11-13-21-7-3-4-8-22(21)15-20/h3-17H,2,18H2,1H3/b27-17-. The number of thioether (sulfide) groups is 1. The van der Waals surface area contributed by atoms with Gasteiger partial charge in [0.15, 0.2) is 11.5 Å². The molecule has 0 atom stereocenters. The molecule has 0 saturated carbocycles. The Morgan fingerprint density at radius 2 is 1.64 bits per heavy atom. The topological polar surface area (TPSA) is 55.8 Å². The Morgan fingerprint density at radius 3 is 2.44 bits per heavy atom. The van der Waals surface area contributed by atoms with Crippen LogP contribution in [-0.2, 0) is 11.4 Å². The highest BCUT2D eigenvalue weighted by atomic mass is 35.5. The van der Waals surface area contributed by atoms with Crippen molar-refractivity contribution in [1.29, 1.82) is 0 Å². The van der Waals surface area contributed by atoms with Gasteiger partial charge in [-0.25, -0.2) is 4.90 Å². The lowest BCUT2D eigenvalue weighted by Gasteiger charge is -2.14. The van der Waals surface area contributed by atoms with Crippen LogP contribution in [0.3, 0.4) is 0 Å². The Hall–Kier alpha value is -3.74. The number of halogens is 1. The molecule has 1 aliphatic heterocycles. The number of rotatable bonds is 7. The van der Waals surface area contributed by atoms with Gasteiger partial charge in [0, 0.05) is 0 Å². The summed E-state index contributed by atoms with van der Waals surface area (Å²) in [5.41, 5.74) is 2.15. The number of hydrogen-bond acceptors (Lipinski definition) is 5. The molecule has 0 bridgehead atoms. The van der Waals surface area contributed by atoms with Gasteiger partial charge >= 0.3 is 0 Å². The van der Waals surface area contributed by atoms with Crippen molar-refractivity contribution in [3.05, 3.63) is 106 Å². The van der Waals surface area contributed by atoms with Crippen molar-refractivity contribution in [3.8, 4) is 11.5 Å². The molecule has 4 aromatic carbocycles. The SMILES string of the molecule is CCOc1cc(/C=C2\SC(=O)N(c3ccccc3Cl)C2=O)ccc1OCc1ccc2ccccc2c1. The van der Waals surface area contributed by atoms with E-state index in [0.717, 1.165) is 33.2 Å². The van der Waals surface area contributed by atoms with Gasteiger partial charge < -0.3 is 9.47 Å². The first kappa shape index (κ1) is 24.0. The molecule has 5 rings (SSSR count). The summed E-state index contributed by atoms with van der Waals surface area (Å²) >= 11 is 7.09. The maximum absolute atomic E-state index is 13.0. The molecule has 4 aromatic rings. The Kier molecular flexibility index (Phi) is 6.98. The van der Waals surface area contributed by atoms with Crippen molar-refractivity contribution < 1.29 is 19.1 Å². The fourth-order valence-electron chi connectivity index (χ4n) is 3.95. The van der Waals surface area contributed by atoms with Gasteiger partial charge in [-0.2, -0.15) is 0 Å². The number of anilines is 1. The first-order valence-corrected chi connectivity index (χ1v) is 12.6. The number of fused-ring (bicyclic) bond motifs is 1. The monoisotopic (exact) mass is 515 g/mol. The van der Waals surface area contributed by atoms with Crippen LogP contribution in [0.5, 0.6) is 11.5 Å². The van der Waals surface area contributed by atoms with Crippen LogP contribution in [0.2, 0.25) is 5.02 Å². The maximum Gasteiger partial charge on any atom is 0.298 e. The number of nitrogens with zero attached hydrogens (tertiary/aromatic N) is 1. The summed E-state index contributed by atoms with van der Waals surface area (Å²) in [6.07, 6.45) is 1.68. The fourth-order valence-corrected chi connectivity index (χ4v) is 5.01. The van der Waals surface area contributed by atoms with Crippen molar-refractivity contribution in [1.82, 2.24) is 0 Å². The van der Waals surface area contributed by atoms with E-state index >= 15 is 0 Å². The van der Waals surface area contributed by atoms with E-state index in [2.05, 4.69) is 24.3 Å². The molecule has 1 aliphatic rings. The van der Waals surface area contributed by atoms with Crippen LogP contribution >= 0.6 is 23.4 Å². The second-order valence-corrected chi connectivity index (χ2v) is 9.48. The summed E-state index contributed by atoms with van der Waals surface area (Å²) < 4.78 is 11.9. The van der Waals surface area contributed by atoms with Gasteiger partial charge in [-0.1, -0.05) is 66.2 Å². The predicted molar refractivity (Wildman–Crippen MR) is 146 cm³/mol. The second-order valence-electron chi connectivity index (χ2n) is 8.08. The van der Waals surface area contributed by atoms with Crippen LogP contribution in [0.25, 0.3) is 16.8 Å². The number of carbonyl (C=O) groups is 2. The molecule has 5 nitrogen and oxygen atoms in total. The molecule has 0 N–H and O–H groups in total. The van der Waals surface area contributed by atoms with Gasteiger partial charge in [-0.05, 0) is 77.0 Å². The number of carbonyl (C=O) groups excluding carboxylic acids is 2. The molecule has 2 amide bonds. The molecular formula is C29H22ClNO4S. The summed E-state index contributed by atoms with van der Waals surface area (Å²) in [7, 11) is 0. The van der Waals surface area contributed by atoms with E-state index in [-0.39, 0.29) is 5.24 Å².